The fourth-order valence-corrected chi connectivity index (χ4v) is 2.89. The average Bonchev–Trinajstić information content (AvgIpc) is 2.89. The van der Waals surface area contributed by atoms with E-state index in [1.807, 2.05) is 50.1 Å². The highest BCUT2D eigenvalue weighted by molar-refractivity contribution is 5.84. The highest BCUT2D eigenvalue weighted by Crippen LogP contribution is 2.30. The van der Waals surface area contributed by atoms with Crippen molar-refractivity contribution in [1.29, 1.82) is 0 Å². The first kappa shape index (κ1) is 14.9. The van der Waals surface area contributed by atoms with Gasteiger partial charge in [-0.15, -0.1) is 0 Å². The molecule has 1 saturated heterocycles. The second kappa shape index (κ2) is 5.65. The number of carbonyl (C=O) groups excluding carboxylic acids is 1. The number of piperazine rings is 1. The van der Waals surface area contributed by atoms with E-state index in [1.54, 1.807) is 0 Å². The molecule has 1 fully saturated rings. The lowest BCUT2D eigenvalue weighted by Crippen LogP contribution is -2.50. The highest BCUT2D eigenvalue weighted by atomic mass is 16.6. The van der Waals surface area contributed by atoms with Crippen LogP contribution in [0.25, 0.3) is 10.9 Å². The Morgan fingerprint density at radius 2 is 2.09 bits per heavy atom. The van der Waals surface area contributed by atoms with Gasteiger partial charge in [-0.1, -0.05) is 18.2 Å². The zero-order chi connectivity index (χ0) is 15.7. The van der Waals surface area contributed by atoms with E-state index in [1.165, 1.54) is 0 Å². The molecule has 0 spiro atoms. The van der Waals surface area contributed by atoms with Crippen molar-refractivity contribution in [3.05, 3.63) is 36.0 Å². The third kappa shape index (κ3) is 2.95. The van der Waals surface area contributed by atoms with Gasteiger partial charge in [0.1, 0.15) is 5.60 Å². The molecule has 0 bridgehead atoms. The van der Waals surface area contributed by atoms with Crippen LogP contribution in [0.4, 0.5) is 4.79 Å². The number of H-pyrrole nitrogens is 1. The number of para-hydroxylation sites is 1. The molecule has 0 saturated carbocycles. The van der Waals surface area contributed by atoms with Crippen LogP contribution >= 0.6 is 0 Å². The van der Waals surface area contributed by atoms with E-state index >= 15 is 0 Å². The van der Waals surface area contributed by atoms with Crippen LogP contribution in [0.3, 0.4) is 0 Å². The lowest BCUT2D eigenvalue weighted by atomic mass is 10.0. The van der Waals surface area contributed by atoms with E-state index in [0.717, 1.165) is 29.6 Å². The van der Waals surface area contributed by atoms with Crippen molar-refractivity contribution in [3.63, 3.8) is 0 Å². The van der Waals surface area contributed by atoms with Crippen molar-refractivity contribution in [2.45, 2.75) is 32.4 Å². The number of aromatic amines is 1. The maximum atomic E-state index is 12.5. The smallest absolute Gasteiger partial charge is 0.410 e. The summed E-state index contributed by atoms with van der Waals surface area (Å²) in [5.74, 6) is 0. The first-order chi connectivity index (χ1) is 10.5. The molecule has 1 aliphatic rings. The predicted molar refractivity (Wildman–Crippen MR) is 86.8 cm³/mol. The van der Waals surface area contributed by atoms with Gasteiger partial charge in [-0.05, 0) is 26.8 Å². The van der Waals surface area contributed by atoms with E-state index < -0.39 is 5.60 Å². The molecule has 1 amide bonds. The maximum Gasteiger partial charge on any atom is 0.410 e. The number of ether oxygens (including phenoxy) is 1. The highest BCUT2D eigenvalue weighted by Gasteiger charge is 2.32. The van der Waals surface area contributed by atoms with E-state index in [0.29, 0.717) is 6.54 Å². The average molecular weight is 301 g/mol. The van der Waals surface area contributed by atoms with Gasteiger partial charge >= 0.3 is 6.09 Å². The normalized spacial score (nSPS) is 19.4. The monoisotopic (exact) mass is 301 g/mol. The van der Waals surface area contributed by atoms with Gasteiger partial charge in [0.05, 0.1) is 6.04 Å². The van der Waals surface area contributed by atoms with Crippen LogP contribution in [0, 0.1) is 0 Å². The van der Waals surface area contributed by atoms with Gasteiger partial charge in [-0.25, -0.2) is 4.79 Å². The van der Waals surface area contributed by atoms with Gasteiger partial charge in [-0.2, -0.15) is 0 Å². The molecule has 1 aromatic carbocycles. The molecule has 1 atom stereocenters. The molecule has 0 unspecified atom stereocenters. The van der Waals surface area contributed by atoms with Gasteiger partial charge in [0, 0.05) is 42.3 Å². The van der Waals surface area contributed by atoms with Gasteiger partial charge in [-0.3, -0.25) is 4.90 Å². The van der Waals surface area contributed by atoms with E-state index in [4.69, 9.17) is 4.74 Å². The van der Waals surface area contributed by atoms with Crippen molar-refractivity contribution >= 4 is 17.0 Å². The number of aromatic nitrogens is 1. The number of fused-ring (bicyclic) bond motifs is 1. The van der Waals surface area contributed by atoms with Gasteiger partial charge < -0.3 is 15.0 Å². The van der Waals surface area contributed by atoms with Crippen LogP contribution in [0.2, 0.25) is 0 Å². The molecule has 22 heavy (non-hydrogen) atoms. The number of amides is 1. The van der Waals surface area contributed by atoms with Crippen LogP contribution in [-0.4, -0.2) is 41.2 Å². The standard InChI is InChI=1S/C17H23N3O2/c1-17(2,3)22-16(21)20-9-8-18-11-15(20)13-10-19-14-7-5-4-6-12(13)14/h4-7,10,15,18-19H,8-9,11H2,1-3H3/t15-/m0/s1. The number of rotatable bonds is 1. The molecule has 118 valence electrons. The van der Waals surface area contributed by atoms with Crippen molar-refractivity contribution in [2.24, 2.45) is 0 Å². The summed E-state index contributed by atoms with van der Waals surface area (Å²) >= 11 is 0. The fourth-order valence-electron chi connectivity index (χ4n) is 2.89. The second-order valence-corrected chi connectivity index (χ2v) is 6.68. The molecule has 0 radical (unpaired) electrons. The number of hydrogen-bond donors (Lipinski definition) is 2. The number of nitrogens with zero attached hydrogens (tertiary/aromatic N) is 1. The molecule has 0 aliphatic carbocycles. The summed E-state index contributed by atoms with van der Waals surface area (Å²) < 4.78 is 5.57. The lowest BCUT2D eigenvalue weighted by Gasteiger charge is -2.37. The first-order valence-corrected chi connectivity index (χ1v) is 7.72. The summed E-state index contributed by atoms with van der Waals surface area (Å²) in [4.78, 5) is 17.6. The van der Waals surface area contributed by atoms with Crippen LogP contribution in [0.15, 0.2) is 30.5 Å². The predicted octanol–water partition coefficient (Wildman–Crippen LogP) is 3.05. The summed E-state index contributed by atoms with van der Waals surface area (Å²) in [6, 6.07) is 8.15. The van der Waals surface area contributed by atoms with Crippen molar-refractivity contribution in [3.8, 4) is 0 Å². The summed E-state index contributed by atoms with van der Waals surface area (Å²) in [6.07, 6.45) is 1.75. The van der Waals surface area contributed by atoms with E-state index in [-0.39, 0.29) is 12.1 Å². The van der Waals surface area contributed by atoms with Crippen molar-refractivity contribution in [2.75, 3.05) is 19.6 Å². The topological polar surface area (TPSA) is 57.4 Å². The van der Waals surface area contributed by atoms with Crippen molar-refractivity contribution < 1.29 is 9.53 Å². The first-order valence-electron chi connectivity index (χ1n) is 7.72. The molecule has 1 aromatic heterocycles. The Hall–Kier alpha value is -2.01. The quantitative estimate of drug-likeness (QED) is 0.851. The third-order valence-corrected chi connectivity index (χ3v) is 3.85. The Labute approximate surface area is 130 Å². The zero-order valence-electron chi connectivity index (χ0n) is 13.3. The van der Waals surface area contributed by atoms with E-state index in [2.05, 4.69) is 16.4 Å². The largest absolute Gasteiger partial charge is 0.444 e. The molecule has 2 N–H and O–H groups in total. The van der Waals surface area contributed by atoms with Gasteiger partial charge in [0.15, 0.2) is 0 Å². The number of benzene rings is 1. The minimum absolute atomic E-state index is 0.0141. The molecule has 2 heterocycles. The fraction of sp³-hybridized carbons (Fsp3) is 0.471. The number of nitrogens with one attached hydrogen (secondary N) is 2. The van der Waals surface area contributed by atoms with Gasteiger partial charge in [0.25, 0.3) is 0 Å². The van der Waals surface area contributed by atoms with Crippen LogP contribution in [0.1, 0.15) is 32.4 Å². The second-order valence-electron chi connectivity index (χ2n) is 6.68. The van der Waals surface area contributed by atoms with Crippen LogP contribution in [0.5, 0.6) is 0 Å². The van der Waals surface area contributed by atoms with Crippen molar-refractivity contribution in [1.82, 2.24) is 15.2 Å². The molecule has 2 aromatic rings. The maximum absolute atomic E-state index is 12.5. The minimum atomic E-state index is -0.479. The molecular weight excluding hydrogens is 278 g/mol. The Morgan fingerprint density at radius 3 is 2.86 bits per heavy atom. The summed E-state index contributed by atoms with van der Waals surface area (Å²) in [6.45, 7) is 7.87. The third-order valence-electron chi connectivity index (χ3n) is 3.85. The Morgan fingerprint density at radius 1 is 1.32 bits per heavy atom. The van der Waals surface area contributed by atoms with E-state index in [9.17, 15) is 4.79 Å². The Kier molecular flexibility index (Phi) is 3.83. The number of carbonyl (C=O) groups is 1. The lowest BCUT2D eigenvalue weighted by molar-refractivity contribution is 0.0119. The van der Waals surface area contributed by atoms with Gasteiger partial charge in [0.2, 0.25) is 0 Å². The Bertz CT molecular complexity index is 672. The summed E-state index contributed by atoms with van der Waals surface area (Å²) in [7, 11) is 0. The van der Waals surface area contributed by atoms with Crippen LogP contribution in [-0.2, 0) is 4.74 Å². The zero-order valence-corrected chi connectivity index (χ0v) is 13.3. The summed E-state index contributed by atoms with van der Waals surface area (Å²) in [5, 5.41) is 4.53. The Balaban J connectivity index is 1.91. The summed E-state index contributed by atoms with van der Waals surface area (Å²) in [5.41, 5.74) is 1.74. The SMILES string of the molecule is CC(C)(C)OC(=O)N1CCNC[C@H]1c1c[nH]c2ccccc12. The number of hydrogen-bond acceptors (Lipinski definition) is 3. The molecule has 3 rings (SSSR count). The molecular formula is C17H23N3O2. The molecule has 1 aliphatic heterocycles. The molecule has 5 heteroatoms. The minimum Gasteiger partial charge on any atom is -0.444 e. The molecule has 5 nitrogen and oxygen atoms in total. The van der Waals surface area contributed by atoms with Crippen LogP contribution < -0.4 is 5.32 Å².